The minimum absolute atomic E-state index is 0.0533. The molecule has 1 aromatic carbocycles. The van der Waals surface area contributed by atoms with Crippen molar-refractivity contribution in [1.29, 1.82) is 0 Å². The van der Waals surface area contributed by atoms with Crippen LogP contribution in [0.15, 0.2) is 34.2 Å². The van der Waals surface area contributed by atoms with E-state index < -0.39 is 5.25 Å². The number of hydrogen-bond acceptors (Lipinski definition) is 5. The van der Waals surface area contributed by atoms with Gasteiger partial charge in [0.15, 0.2) is 10.9 Å². The molecular weight excluding hydrogens is 350 g/mol. The van der Waals surface area contributed by atoms with Gasteiger partial charge in [-0.25, -0.2) is 4.98 Å². The van der Waals surface area contributed by atoms with E-state index in [2.05, 4.69) is 15.3 Å². The van der Waals surface area contributed by atoms with Gasteiger partial charge in [0.05, 0.1) is 10.9 Å². The number of aromatic nitrogens is 2. The van der Waals surface area contributed by atoms with Gasteiger partial charge in [0.25, 0.3) is 5.56 Å². The standard InChI is InChI=1S/C19H21N3O3S/c1-3-16(18(25)20-13-7-4-6-12(10-13)11(2)23)26-19-21-15-9-5-8-14(15)17(24)22-19/h4,6-7,10,16H,3,5,8-9H2,1-2H3,(H,20,25)(H,21,22,24). The summed E-state index contributed by atoms with van der Waals surface area (Å²) in [5.41, 5.74) is 2.65. The number of benzene rings is 1. The second-order valence-corrected chi connectivity index (χ2v) is 7.48. The number of Topliss-reactive ketones (excluding diaryl/α,β-unsaturated/α-hetero) is 1. The van der Waals surface area contributed by atoms with Crippen molar-refractivity contribution in [3.8, 4) is 0 Å². The third kappa shape index (κ3) is 4.04. The quantitative estimate of drug-likeness (QED) is 0.463. The lowest BCUT2D eigenvalue weighted by molar-refractivity contribution is -0.115. The molecule has 0 saturated carbocycles. The number of nitrogens with zero attached hydrogens (tertiary/aromatic N) is 1. The van der Waals surface area contributed by atoms with Gasteiger partial charge in [-0.05, 0) is 44.7 Å². The van der Waals surface area contributed by atoms with Gasteiger partial charge in [-0.15, -0.1) is 0 Å². The molecule has 3 rings (SSSR count). The highest BCUT2D eigenvalue weighted by Crippen LogP contribution is 2.25. The van der Waals surface area contributed by atoms with E-state index in [0.29, 0.717) is 22.8 Å². The van der Waals surface area contributed by atoms with E-state index in [9.17, 15) is 14.4 Å². The molecule has 1 unspecified atom stereocenters. The van der Waals surface area contributed by atoms with E-state index in [1.165, 1.54) is 18.7 Å². The maximum Gasteiger partial charge on any atom is 0.254 e. The summed E-state index contributed by atoms with van der Waals surface area (Å²) < 4.78 is 0. The molecule has 2 aromatic rings. The van der Waals surface area contributed by atoms with Gasteiger partial charge in [0.1, 0.15) is 0 Å². The van der Waals surface area contributed by atoms with E-state index in [4.69, 9.17) is 0 Å². The highest BCUT2D eigenvalue weighted by molar-refractivity contribution is 8.00. The maximum absolute atomic E-state index is 12.6. The molecule has 0 aliphatic heterocycles. The number of carbonyl (C=O) groups is 2. The first-order chi connectivity index (χ1) is 12.5. The molecule has 7 heteroatoms. The van der Waals surface area contributed by atoms with Crippen LogP contribution in [0.25, 0.3) is 0 Å². The minimum atomic E-state index is -0.390. The molecule has 1 aliphatic rings. The van der Waals surface area contributed by atoms with Crippen molar-refractivity contribution in [2.75, 3.05) is 5.32 Å². The number of carbonyl (C=O) groups excluding carboxylic acids is 2. The number of ketones is 1. The number of anilines is 1. The lowest BCUT2D eigenvalue weighted by Crippen LogP contribution is -2.25. The monoisotopic (exact) mass is 371 g/mol. The first-order valence-electron chi connectivity index (χ1n) is 8.68. The van der Waals surface area contributed by atoms with E-state index >= 15 is 0 Å². The Hall–Kier alpha value is -2.41. The van der Waals surface area contributed by atoms with Crippen molar-refractivity contribution in [1.82, 2.24) is 9.97 Å². The van der Waals surface area contributed by atoms with Crippen molar-refractivity contribution in [3.05, 3.63) is 51.4 Å². The van der Waals surface area contributed by atoms with Gasteiger partial charge in [0, 0.05) is 16.8 Å². The summed E-state index contributed by atoms with van der Waals surface area (Å²) in [7, 11) is 0. The van der Waals surface area contributed by atoms with Crippen LogP contribution in [0.1, 0.15) is 48.3 Å². The second-order valence-electron chi connectivity index (χ2n) is 6.29. The Morgan fingerprint density at radius 3 is 2.88 bits per heavy atom. The summed E-state index contributed by atoms with van der Waals surface area (Å²) >= 11 is 1.26. The summed E-state index contributed by atoms with van der Waals surface area (Å²) in [5.74, 6) is -0.233. The zero-order valence-corrected chi connectivity index (χ0v) is 15.6. The van der Waals surface area contributed by atoms with E-state index in [-0.39, 0.29) is 17.2 Å². The molecule has 1 heterocycles. The van der Waals surface area contributed by atoms with Crippen LogP contribution in [-0.2, 0) is 17.6 Å². The SMILES string of the molecule is CCC(Sc1nc2c(c(=O)[nH]1)CCC2)C(=O)Nc1cccc(C(C)=O)c1. The van der Waals surface area contributed by atoms with Crippen molar-refractivity contribution in [2.45, 2.75) is 49.9 Å². The lowest BCUT2D eigenvalue weighted by atomic mass is 10.1. The predicted octanol–water partition coefficient (Wildman–Crippen LogP) is 2.97. The molecule has 1 atom stereocenters. The number of amides is 1. The van der Waals surface area contributed by atoms with Gasteiger partial charge in [-0.2, -0.15) is 0 Å². The zero-order chi connectivity index (χ0) is 18.7. The van der Waals surface area contributed by atoms with Crippen LogP contribution in [0.4, 0.5) is 5.69 Å². The van der Waals surface area contributed by atoms with Crippen LogP contribution in [0, 0.1) is 0 Å². The van der Waals surface area contributed by atoms with Crippen molar-refractivity contribution < 1.29 is 9.59 Å². The van der Waals surface area contributed by atoms with Crippen molar-refractivity contribution in [3.63, 3.8) is 0 Å². The zero-order valence-electron chi connectivity index (χ0n) is 14.8. The molecule has 2 N–H and O–H groups in total. The number of thioether (sulfide) groups is 1. The van der Waals surface area contributed by atoms with Crippen molar-refractivity contribution >= 4 is 29.1 Å². The molecular formula is C19H21N3O3S. The van der Waals surface area contributed by atoms with Gasteiger partial charge >= 0.3 is 0 Å². The van der Waals surface area contributed by atoms with Crippen molar-refractivity contribution in [2.24, 2.45) is 0 Å². The predicted molar refractivity (Wildman–Crippen MR) is 102 cm³/mol. The summed E-state index contributed by atoms with van der Waals surface area (Å²) in [6.45, 7) is 3.40. The molecule has 0 fully saturated rings. The molecule has 1 aliphatic carbocycles. The van der Waals surface area contributed by atoms with Gasteiger partial charge in [-0.1, -0.05) is 30.8 Å². The number of hydrogen-bond donors (Lipinski definition) is 2. The highest BCUT2D eigenvalue weighted by Gasteiger charge is 2.22. The third-order valence-electron chi connectivity index (χ3n) is 4.37. The van der Waals surface area contributed by atoms with Gasteiger partial charge in [0.2, 0.25) is 5.91 Å². The fraction of sp³-hybridized carbons (Fsp3) is 0.368. The third-order valence-corrected chi connectivity index (χ3v) is 5.62. The average molecular weight is 371 g/mol. The van der Waals surface area contributed by atoms with E-state index in [1.807, 2.05) is 6.92 Å². The number of fused-ring (bicyclic) bond motifs is 1. The lowest BCUT2D eigenvalue weighted by Gasteiger charge is -2.15. The number of H-pyrrole nitrogens is 1. The Labute approximate surface area is 155 Å². The summed E-state index contributed by atoms with van der Waals surface area (Å²) in [4.78, 5) is 43.5. The number of rotatable bonds is 6. The smallest absolute Gasteiger partial charge is 0.254 e. The topological polar surface area (TPSA) is 91.9 Å². The molecule has 0 saturated heterocycles. The average Bonchev–Trinajstić information content (AvgIpc) is 3.09. The number of aryl methyl sites for hydroxylation is 1. The first-order valence-corrected chi connectivity index (χ1v) is 9.56. The van der Waals surface area contributed by atoms with Crippen LogP contribution < -0.4 is 10.9 Å². The largest absolute Gasteiger partial charge is 0.325 e. The first kappa shape index (κ1) is 18.4. The fourth-order valence-corrected chi connectivity index (χ4v) is 3.89. The van der Waals surface area contributed by atoms with Crippen LogP contribution in [0.3, 0.4) is 0 Å². The van der Waals surface area contributed by atoms with Crippen LogP contribution in [0.5, 0.6) is 0 Å². The molecule has 0 spiro atoms. The number of aromatic amines is 1. The molecule has 0 radical (unpaired) electrons. The molecule has 6 nitrogen and oxygen atoms in total. The molecule has 26 heavy (non-hydrogen) atoms. The minimum Gasteiger partial charge on any atom is -0.325 e. The summed E-state index contributed by atoms with van der Waals surface area (Å²) in [5, 5.41) is 2.94. The second kappa shape index (κ2) is 7.86. The van der Waals surface area contributed by atoms with Crippen LogP contribution >= 0.6 is 11.8 Å². The molecule has 0 bridgehead atoms. The Kier molecular flexibility index (Phi) is 5.56. The maximum atomic E-state index is 12.6. The van der Waals surface area contributed by atoms with E-state index in [0.717, 1.165) is 30.5 Å². The van der Waals surface area contributed by atoms with Crippen LogP contribution in [0.2, 0.25) is 0 Å². The van der Waals surface area contributed by atoms with Crippen LogP contribution in [-0.4, -0.2) is 26.9 Å². The normalized spacial score (nSPS) is 13.9. The van der Waals surface area contributed by atoms with Gasteiger partial charge < -0.3 is 10.3 Å². The molecule has 1 aromatic heterocycles. The highest BCUT2D eigenvalue weighted by atomic mass is 32.2. The van der Waals surface area contributed by atoms with Gasteiger partial charge in [-0.3, -0.25) is 14.4 Å². The Bertz CT molecular complexity index is 907. The molecule has 136 valence electrons. The summed E-state index contributed by atoms with van der Waals surface area (Å²) in [6.07, 6.45) is 3.12. The Morgan fingerprint density at radius 1 is 1.35 bits per heavy atom. The fourth-order valence-electron chi connectivity index (χ4n) is 2.97. The summed E-state index contributed by atoms with van der Waals surface area (Å²) in [6, 6.07) is 6.85. The molecule has 1 amide bonds. The van der Waals surface area contributed by atoms with E-state index in [1.54, 1.807) is 24.3 Å². The number of nitrogens with one attached hydrogen (secondary N) is 2. The Balaban J connectivity index is 1.74. The Morgan fingerprint density at radius 2 is 2.15 bits per heavy atom.